The highest BCUT2D eigenvalue weighted by Crippen LogP contribution is 2.33. The number of sulfonamides is 1. The van der Waals surface area contributed by atoms with Crippen molar-refractivity contribution in [1.29, 1.82) is 0 Å². The molecule has 0 bridgehead atoms. The van der Waals surface area contributed by atoms with Crippen molar-refractivity contribution in [2.45, 2.75) is 68.0 Å². The summed E-state index contributed by atoms with van der Waals surface area (Å²) >= 11 is 7.74. The van der Waals surface area contributed by atoms with Gasteiger partial charge in [-0.2, -0.15) is 0 Å². The normalized spacial score (nSPS) is 14.2. The van der Waals surface area contributed by atoms with Crippen LogP contribution in [-0.4, -0.2) is 56.6 Å². The molecule has 2 amide bonds. The summed E-state index contributed by atoms with van der Waals surface area (Å²) in [6.07, 6.45) is 5.81. The molecule has 1 unspecified atom stereocenters. The van der Waals surface area contributed by atoms with Gasteiger partial charge in [-0.15, -0.1) is 11.8 Å². The standard InChI is InChI=1S/C32H38ClN3O5S2/c1-4-41-30-15-8-7-14-29(30)36(43(39,40)28-18-16-27(42-3)17-19-28)22-31(37)35(21-24-10-9-11-25(33)20-24)23(2)32(38)34-26-12-5-6-13-26/h7-11,14-20,23,26H,4-6,12-13,21-22H2,1-3H3,(H,34,38). The highest BCUT2D eigenvalue weighted by atomic mass is 35.5. The molecule has 0 aliphatic heterocycles. The lowest BCUT2D eigenvalue weighted by Gasteiger charge is -2.33. The molecule has 1 aliphatic carbocycles. The number of ether oxygens (including phenoxy) is 1. The quantitative estimate of drug-likeness (QED) is 0.225. The first-order chi connectivity index (χ1) is 20.6. The summed E-state index contributed by atoms with van der Waals surface area (Å²) in [4.78, 5) is 30.0. The van der Waals surface area contributed by atoms with E-state index in [1.54, 1.807) is 68.4 Å². The van der Waals surface area contributed by atoms with Crippen LogP contribution in [0.2, 0.25) is 5.02 Å². The van der Waals surface area contributed by atoms with Gasteiger partial charge >= 0.3 is 0 Å². The number of benzene rings is 3. The number of nitrogens with zero attached hydrogens (tertiary/aromatic N) is 2. The molecule has 11 heteroatoms. The maximum atomic E-state index is 14.2. The van der Waals surface area contributed by atoms with Crippen molar-refractivity contribution < 1.29 is 22.7 Å². The second-order valence-electron chi connectivity index (χ2n) is 10.4. The van der Waals surface area contributed by atoms with Crippen LogP contribution >= 0.6 is 23.4 Å². The third kappa shape index (κ3) is 8.25. The van der Waals surface area contributed by atoms with Gasteiger partial charge in [-0.3, -0.25) is 13.9 Å². The van der Waals surface area contributed by atoms with E-state index in [9.17, 15) is 18.0 Å². The number of anilines is 1. The van der Waals surface area contributed by atoms with Crippen LogP contribution in [0.1, 0.15) is 45.1 Å². The number of carbonyl (C=O) groups excluding carboxylic acids is 2. The molecule has 1 aliphatic rings. The third-order valence-corrected chi connectivity index (χ3v) is 10.2. The molecular weight excluding hydrogens is 606 g/mol. The maximum absolute atomic E-state index is 14.2. The number of para-hydroxylation sites is 2. The molecule has 0 radical (unpaired) electrons. The predicted octanol–water partition coefficient (Wildman–Crippen LogP) is 6.13. The van der Waals surface area contributed by atoms with E-state index in [0.717, 1.165) is 40.4 Å². The van der Waals surface area contributed by atoms with Gasteiger partial charge in [-0.25, -0.2) is 8.42 Å². The monoisotopic (exact) mass is 643 g/mol. The fourth-order valence-electron chi connectivity index (χ4n) is 5.14. The Labute approximate surface area is 263 Å². The molecule has 0 spiro atoms. The SMILES string of the molecule is CCOc1ccccc1N(CC(=O)N(Cc1cccc(Cl)c1)C(C)C(=O)NC1CCCC1)S(=O)(=O)c1ccc(SC)cc1. The van der Waals surface area contributed by atoms with Crippen molar-refractivity contribution in [3.8, 4) is 5.75 Å². The minimum Gasteiger partial charge on any atom is -0.492 e. The molecule has 1 fully saturated rings. The molecule has 0 saturated heterocycles. The molecule has 0 heterocycles. The van der Waals surface area contributed by atoms with Crippen molar-refractivity contribution in [3.63, 3.8) is 0 Å². The minimum atomic E-state index is -4.22. The molecule has 0 aromatic heterocycles. The smallest absolute Gasteiger partial charge is 0.264 e. The summed E-state index contributed by atoms with van der Waals surface area (Å²) in [7, 11) is -4.22. The van der Waals surface area contributed by atoms with Crippen LogP contribution in [0.4, 0.5) is 5.69 Å². The van der Waals surface area contributed by atoms with Crippen molar-refractivity contribution in [2.75, 3.05) is 23.7 Å². The lowest BCUT2D eigenvalue weighted by molar-refractivity contribution is -0.139. The highest BCUT2D eigenvalue weighted by molar-refractivity contribution is 7.98. The average Bonchev–Trinajstić information content (AvgIpc) is 3.52. The second-order valence-corrected chi connectivity index (χ2v) is 13.6. The second kappa shape index (κ2) is 15.0. The van der Waals surface area contributed by atoms with Gasteiger partial charge in [0.05, 0.1) is 17.2 Å². The van der Waals surface area contributed by atoms with Gasteiger partial charge in [0, 0.05) is 22.5 Å². The Balaban J connectivity index is 1.73. The first-order valence-corrected chi connectivity index (χ1v) is 17.4. The van der Waals surface area contributed by atoms with Crippen LogP contribution in [0.5, 0.6) is 5.75 Å². The first kappa shape index (κ1) is 32.7. The number of amides is 2. The van der Waals surface area contributed by atoms with Crippen LogP contribution in [0.25, 0.3) is 0 Å². The van der Waals surface area contributed by atoms with Crippen LogP contribution in [0.15, 0.2) is 82.6 Å². The van der Waals surface area contributed by atoms with Crippen molar-refractivity contribution in [3.05, 3.63) is 83.4 Å². The molecular formula is C32H38ClN3O5S2. The van der Waals surface area contributed by atoms with Crippen LogP contribution < -0.4 is 14.4 Å². The Morgan fingerprint density at radius 2 is 1.74 bits per heavy atom. The Morgan fingerprint density at radius 1 is 1.05 bits per heavy atom. The summed E-state index contributed by atoms with van der Waals surface area (Å²) < 4.78 is 35.2. The third-order valence-electron chi connectivity index (χ3n) is 7.47. The zero-order valence-electron chi connectivity index (χ0n) is 24.7. The predicted molar refractivity (Wildman–Crippen MR) is 172 cm³/mol. The summed E-state index contributed by atoms with van der Waals surface area (Å²) in [5.41, 5.74) is 0.954. The molecule has 43 heavy (non-hydrogen) atoms. The van der Waals surface area contributed by atoms with Crippen LogP contribution in [-0.2, 0) is 26.2 Å². The van der Waals surface area contributed by atoms with Crippen LogP contribution in [0, 0.1) is 0 Å². The molecule has 1 N–H and O–H groups in total. The minimum absolute atomic E-state index is 0.0396. The molecule has 8 nitrogen and oxygen atoms in total. The highest BCUT2D eigenvalue weighted by Gasteiger charge is 2.34. The molecule has 3 aromatic carbocycles. The molecule has 1 saturated carbocycles. The maximum Gasteiger partial charge on any atom is 0.264 e. The zero-order valence-corrected chi connectivity index (χ0v) is 27.1. The van der Waals surface area contributed by atoms with Crippen LogP contribution in [0.3, 0.4) is 0 Å². The van der Waals surface area contributed by atoms with Gasteiger partial charge in [0.2, 0.25) is 11.8 Å². The van der Waals surface area contributed by atoms with Crippen molar-refractivity contribution >= 4 is 50.9 Å². The Bertz CT molecular complexity index is 1510. The summed E-state index contributed by atoms with van der Waals surface area (Å²) in [5, 5.41) is 3.57. The van der Waals surface area contributed by atoms with Gasteiger partial charge < -0.3 is 15.0 Å². The topological polar surface area (TPSA) is 96.0 Å². The van der Waals surface area contributed by atoms with Crippen molar-refractivity contribution in [1.82, 2.24) is 10.2 Å². The number of thioether (sulfide) groups is 1. The molecule has 4 rings (SSSR count). The van der Waals surface area contributed by atoms with E-state index in [2.05, 4.69) is 5.32 Å². The molecule has 3 aromatic rings. The van der Waals surface area contributed by atoms with Gasteiger partial charge in [0.25, 0.3) is 10.0 Å². The fourth-order valence-corrected chi connectivity index (χ4v) is 7.18. The average molecular weight is 644 g/mol. The van der Waals surface area contributed by atoms with Gasteiger partial charge in [-0.1, -0.05) is 48.7 Å². The van der Waals surface area contributed by atoms with E-state index < -0.39 is 28.5 Å². The Kier molecular flexibility index (Phi) is 11.4. The number of halogens is 1. The largest absolute Gasteiger partial charge is 0.492 e. The van der Waals surface area contributed by atoms with E-state index in [4.69, 9.17) is 16.3 Å². The van der Waals surface area contributed by atoms with E-state index >= 15 is 0 Å². The summed E-state index contributed by atoms with van der Waals surface area (Å²) in [5.74, 6) is -0.487. The summed E-state index contributed by atoms with van der Waals surface area (Å²) in [6, 6.07) is 19.5. The molecule has 1 atom stereocenters. The number of carbonyl (C=O) groups is 2. The lowest BCUT2D eigenvalue weighted by atomic mass is 10.1. The van der Waals surface area contributed by atoms with Gasteiger partial charge in [0.15, 0.2) is 0 Å². The number of hydrogen-bond acceptors (Lipinski definition) is 6. The van der Waals surface area contributed by atoms with E-state index in [1.165, 1.54) is 28.8 Å². The van der Waals surface area contributed by atoms with Gasteiger partial charge in [0.1, 0.15) is 18.3 Å². The number of nitrogens with one attached hydrogen (secondary N) is 1. The Morgan fingerprint density at radius 3 is 2.40 bits per heavy atom. The van der Waals surface area contributed by atoms with Gasteiger partial charge in [-0.05, 0) is 87.0 Å². The van der Waals surface area contributed by atoms with E-state index in [1.807, 2.05) is 12.3 Å². The lowest BCUT2D eigenvalue weighted by Crippen LogP contribution is -2.52. The fraction of sp³-hybridized carbons (Fsp3) is 0.375. The molecule has 230 valence electrons. The van der Waals surface area contributed by atoms with Crippen molar-refractivity contribution in [2.24, 2.45) is 0 Å². The van der Waals surface area contributed by atoms with E-state index in [0.29, 0.717) is 17.4 Å². The first-order valence-electron chi connectivity index (χ1n) is 14.4. The summed E-state index contributed by atoms with van der Waals surface area (Å²) in [6.45, 7) is 3.31. The Hall–Kier alpha value is -3.21. The number of rotatable bonds is 13. The van der Waals surface area contributed by atoms with E-state index in [-0.39, 0.29) is 29.1 Å². The number of hydrogen-bond donors (Lipinski definition) is 1. The zero-order chi connectivity index (χ0) is 31.0.